The molecule has 0 saturated carbocycles. The van der Waals surface area contributed by atoms with Gasteiger partial charge in [0.25, 0.3) is 0 Å². The largest absolute Gasteiger partial charge is 0.288 e. The molecular weight excluding hydrogens is 650 g/mol. The van der Waals surface area contributed by atoms with E-state index in [1.807, 2.05) is 184 Å². The van der Waals surface area contributed by atoms with Crippen molar-refractivity contribution >= 4 is 90.3 Å². The average molecular weight is 685 g/mol. The minimum atomic E-state index is -3.70. The summed E-state index contributed by atoms with van der Waals surface area (Å²) in [6.45, 7) is 3.66. The molecule has 0 aromatic heterocycles. The van der Waals surface area contributed by atoms with E-state index in [4.69, 9.17) is 9.53 Å². The van der Waals surface area contributed by atoms with E-state index in [1.54, 1.807) is 0 Å². The maximum absolute atomic E-state index is 15.9. The van der Waals surface area contributed by atoms with Crippen LogP contribution in [0.1, 0.15) is 13.8 Å². The molecule has 8 rings (SSSR count). The van der Waals surface area contributed by atoms with Gasteiger partial charge in [-0.15, -0.1) is 0 Å². The predicted octanol–water partition coefficient (Wildman–Crippen LogP) is 10.4. The van der Waals surface area contributed by atoms with Crippen LogP contribution >= 0.6 is 14.6 Å². The normalized spacial score (nSPS) is 13.0. The molecule has 0 N–H and O–H groups in total. The van der Waals surface area contributed by atoms with Crippen molar-refractivity contribution in [2.24, 2.45) is 9.53 Å². The Balaban J connectivity index is 1.39. The van der Waals surface area contributed by atoms with Crippen LogP contribution in [0, 0.1) is 0 Å². The van der Waals surface area contributed by atoms with Crippen LogP contribution in [0.2, 0.25) is 0 Å². The number of benzene rings is 8. The topological polar surface area (TPSA) is 58.9 Å². The van der Waals surface area contributed by atoms with E-state index >= 15 is 9.13 Å². The van der Waals surface area contributed by atoms with Gasteiger partial charge in [0, 0.05) is 21.2 Å². The summed E-state index contributed by atoms with van der Waals surface area (Å²) in [5.41, 5.74) is 0.935. The van der Waals surface area contributed by atoms with Crippen LogP contribution in [0.5, 0.6) is 0 Å². The molecule has 0 aliphatic carbocycles. The predicted molar refractivity (Wildman–Crippen MR) is 216 cm³/mol. The van der Waals surface area contributed by atoms with Gasteiger partial charge in [-0.2, -0.15) is 0 Å². The second kappa shape index (κ2) is 12.8. The fourth-order valence-electron chi connectivity index (χ4n) is 6.93. The highest BCUT2D eigenvalue weighted by Gasteiger charge is 2.33. The molecule has 0 aliphatic heterocycles. The molecule has 0 heterocycles. The zero-order chi connectivity index (χ0) is 34.3. The van der Waals surface area contributed by atoms with Crippen LogP contribution in [-0.2, 0) is 9.13 Å². The first-order valence-electron chi connectivity index (χ1n) is 16.6. The minimum absolute atomic E-state index is 0.468. The van der Waals surface area contributed by atoms with E-state index in [0.717, 1.165) is 43.1 Å². The van der Waals surface area contributed by atoms with Crippen molar-refractivity contribution in [3.8, 4) is 0 Å². The number of fused-ring (bicyclic) bond motifs is 4. The number of rotatable bonds is 7. The minimum Gasteiger partial charge on any atom is -0.288 e. The van der Waals surface area contributed by atoms with Gasteiger partial charge < -0.3 is 0 Å². The number of hydrogen-bond acceptors (Lipinski definition) is 2. The van der Waals surface area contributed by atoms with Crippen LogP contribution in [0.3, 0.4) is 0 Å². The van der Waals surface area contributed by atoms with Gasteiger partial charge in [0.05, 0.1) is 11.4 Å². The summed E-state index contributed by atoms with van der Waals surface area (Å²) in [6.07, 6.45) is 0. The third-order valence-corrected chi connectivity index (χ3v) is 14.8. The third kappa shape index (κ3) is 5.42. The molecule has 4 nitrogen and oxygen atoms in total. The quantitative estimate of drug-likeness (QED) is 0.124. The van der Waals surface area contributed by atoms with Gasteiger partial charge in [0.1, 0.15) is 0 Å². The lowest BCUT2D eigenvalue weighted by atomic mass is 10.1. The van der Waals surface area contributed by atoms with Crippen LogP contribution in [0.4, 0.5) is 0 Å². The van der Waals surface area contributed by atoms with Gasteiger partial charge in [-0.1, -0.05) is 146 Å². The summed E-state index contributed by atoms with van der Waals surface area (Å²) >= 11 is 0. The van der Waals surface area contributed by atoms with Gasteiger partial charge in [-0.05, 0) is 81.2 Å². The molecule has 0 unspecified atom stereocenters. The van der Waals surface area contributed by atoms with Crippen molar-refractivity contribution in [1.29, 1.82) is 0 Å². The molecule has 242 valence electrons. The maximum atomic E-state index is 15.9. The van der Waals surface area contributed by atoms with Gasteiger partial charge in [0.2, 0.25) is 14.6 Å². The third-order valence-electron chi connectivity index (χ3n) is 9.48. The van der Waals surface area contributed by atoms with Crippen molar-refractivity contribution < 1.29 is 9.13 Å². The Morgan fingerprint density at radius 3 is 0.820 bits per heavy atom. The highest BCUT2D eigenvalue weighted by Crippen LogP contribution is 2.51. The molecule has 8 aromatic rings. The van der Waals surface area contributed by atoms with Crippen LogP contribution < -0.4 is 21.2 Å². The van der Waals surface area contributed by atoms with E-state index in [2.05, 4.69) is 0 Å². The van der Waals surface area contributed by atoms with Crippen LogP contribution in [-0.4, -0.2) is 11.4 Å². The summed E-state index contributed by atoms with van der Waals surface area (Å²) in [6, 6.07) is 55.5. The Labute approximate surface area is 291 Å². The molecule has 0 saturated heterocycles. The number of nitrogens with zero attached hydrogens (tertiary/aromatic N) is 2. The molecule has 0 spiro atoms. The smallest absolute Gasteiger partial charge is 0.248 e. The molecule has 0 amide bonds. The first kappa shape index (κ1) is 31.8. The van der Waals surface area contributed by atoms with Crippen LogP contribution in [0.25, 0.3) is 43.1 Å². The molecule has 8 aromatic carbocycles. The van der Waals surface area contributed by atoms with E-state index in [-0.39, 0.29) is 0 Å². The second-order valence-electron chi connectivity index (χ2n) is 12.5. The lowest BCUT2D eigenvalue weighted by molar-refractivity contribution is 0.587. The summed E-state index contributed by atoms with van der Waals surface area (Å²) < 4.78 is 42.1. The van der Waals surface area contributed by atoms with Gasteiger partial charge in [-0.25, -0.2) is 9.53 Å². The van der Waals surface area contributed by atoms with E-state index in [1.165, 1.54) is 0 Å². The van der Waals surface area contributed by atoms with Gasteiger partial charge >= 0.3 is 0 Å². The van der Waals surface area contributed by atoms with Crippen molar-refractivity contribution in [3.63, 3.8) is 0 Å². The standard InChI is InChI=1S/C44H34N2O2P2/c1-31(45-49(47,41-27-11-19-33-15-3-7-23-37(33)41)42-28-12-20-34-16-4-8-24-38(34)42)32(2)46-50(48,43-29-13-21-35-17-5-9-25-39(35)43)44-30-14-22-36-18-6-10-26-40(36)44/h3-30H,1-2H3. The van der Waals surface area contributed by atoms with E-state index in [0.29, 0.717) is 32.6 Å². The monoisotopic (exact) mass is 684 g/mol. The van der Waals surface area contributed by atoms with Gasteiger partial charge in [0.15, 0.2) is 0 Å². The van der Waals surface area contributed by atoms with E-state index in [9.17, 15) is 0 Å². The molecular formula is C44H34N2O2P2. The highest BCUT2D eigenvalue weighted by molar-refractivity contribution is 7.79. The molecule has 50 heavy (non-hydrogen) atoms. The molecule has 0 atom stereocenters. The lowest BCUT2D eigenvalue weighted by Crippen LogP contribution is -2.21. The van der Waals surface area contributed by atoms with Crippen molar-refractivity contribution in [1.82, 2.24) is 0 Å². The average Bonchev–Trinajstić information content (AvgIpc) is 3.16. The Kier molecular flexibility index (Phi) is 8.16. The molecule has 0 bridgehead atoms. The fourth-order valence-corrected chi connectivity index (χ4v) is 12.3. The van der Waals surface area contributed by atoms with Crippen molar-refractivity contribution in [3.05, 3.63) is 170 Å². The highest BCUT2D eigenvalue weighted by atomic mass is 31.2. The van der Waals surface area contributed by atoms with Crippen LogP contribution in [0.15, 0.2) is 179 Å². The summed E-state index contributed by atoms with van der Waals surface area (Å²) in [4.78, 5) is 0. The first-order valence-corrected chi connectivity index (χ1v) is 20.0. The molecule has 0 aliphatic rings. The Morgan fingerprint density at radius 2 is 0.560 bits per heavy atom. The summed E-state index contributed by atoms with van der Waals surface area (Å²) in [5.74, 6) is 0. The second-order valence-corrected chi connectivity index (χ2v) is 17.1. The lowest BCUT2D eigenvalue weighted by Gasteiger charge is -2.21. The molecule has 6 heteroatoms. The fraction of sp³-hybridized carbons (Fsp3) is 0.0455. The van der Waals surface area contributed by atoms with Crippen molar-refractivity contribution in [2.45, 2.75) is 13.8 Å². The SMILES string of the molecule is CC(=NP(=O)(c1cccc2ccccc12)c1cccc2ccccc12)C(C)=NP(=O)(c1cccc2ccccc12)c1cccc2ccccc12. The summed E-state index contributed by atoms with van der Waals surface area (Å²) in [5, 5.41) is 10.1. The Morgan fingerprint density at radius 1 is 0.340 bits per heavy atom. The van der Waals surface area contributed by atoms with E-state index < -0.39 is 14.6 Å². The van der Waals surface area contributed by atoms with Gasteiger partial charge in [-0.3, -0.25) is 9.13 Å². The molecule has 0 fully saturated rings. The number of hydrogen-bond donors (Lipinski definition) is 0. The first-order chi connectivity index (χ1) is 24.4. The maximum Gasteiger partial charge on any atom is 0.248 e. The van der Waals surface area contributed by atoms with Crippen molar-refractivity contribution in [2.75, 3.05) is 0 Å². The zero-order valence-corrected chi connectivity index (χ0v) is 29.6. The summed E-state index contributed by atoms with van der Waals surface area (Å²) in [7, 11) is -7.39. The Bertz CT molecular complexity index is 2390. The molecule has 0 radical (unpaired) electrons. The Hall–Kier alpha value is -5.40. The zero-order valence-electron chi connectivity index (χ0n) is 27.8.